The summed E-state index contributed by atoms with van der Waals surface area (Å²) in [6, 6.07) is 16.5. The molecule has 1 aromatic heterocycles. The second-order valence-electron chi connectivity index (χ2n) is 5.88. The van der Waals surface area contributed by atoms with Gasteiger partial charge in [0.05, 0.1) is 12.2 Å². The summed E-state index contributed by atoms with van der Waals surface area (Å²) in [7, 11) is 0. The van der Waals surface area contributed by atoms with E-state index in [1.807, 2.05) is 51.1 Å². The van der Waals surface area contributed by atoms with Crippen molar-refractivity contribution in [1.82, 2.24) is 4.98 Å². The first-order valence-electron chi connectivity index (χ1n) is 9.32. The Morgan fingerprint density at radius 1 is 1.14 bits per heavy atom. The Hall–Kier alpha value is -2.91. The Labute approximate surface area is 172 Å². The average molecular weight is 392 g/mol. The first-order valence-corrected chi connectivity index (χ1v) is 9.70. The van der Waals surface area contributed by atoms with Gasteiger partial charge in [0.15, 0.2) is 0 Å². The Kier molecular flexibility index (Phi) is 7.97. The van der Waals surface area contributed by atoms with Gasteiger partial charge in [0.25, 0.3) is 0 Å². The molecule has 0 atom stereocenters. The van der Waals surface area contributed by atoms with Crippen LogP contribution in [0.1, 0.15) is 19.4 Å². The number of pyridine rings is 1. The molecule has 144 valence electrons. The van der Waals surface area contributed by atoms with Crippen LogP contribution in [-0.2, 0) is 0 Å². The van der Waals surface area contributed by atoms with E-state index >= 15 is 0 Å². The molecule has 3 rings (SSSR count). The van der Waals surface area contributed by atoms with Gasteiger partial charge in [-0.2, -0.15) is 0 Å². The fourth-order valence-corrected chi connectivity index (χ4v) is 3.12. The lowest BCUT2D eigenvalue weighted by molar-refractivity contribution is 1.14. The van der Waals surface area contributed by atoms with Gasteiger partial charge in [-0.1, -0.05) is 86.6 Å². The molecule has 0 radical (unpaired) electrons. The molecule has 2 aromatic carbocycles. The minimum atomic E-state index is 0.486. The summed E-state index contributed by atoms with van der Waals surface area (Å²) >= 11 is 6.38. The SMILES string of the molecule is C=C/C=C(/CNc1nc(Cl)c(C)c2cccc(-c3ccccc3)c12)N=C.CC. The first-order chi connectivity index (χ1) is 13.7. The lowest BCUT2D eigenvalue weighted by atomic mass is 9.97. The van der Waals surface area contributed by atoms with Crippen molar-refractivity contribution >= 4 is 34.9 Å². The molecule has 0 bridgehead atoms. The molecule has 0 saturated heterocycles. The smallest absolute Gasteiger partial charge is 0.136 e. The van der Waals surface area contributed by atoms with Crippen molar-refractivity contribution in [3.05, 3.63) is 83.7 Å². The third-order valence-corrected chi connectivity index (χ3v) is 4.63. The summed E-state index contributed by atoms with van der Waals surface area (Å²) in [5, 5.41) is 5.97. The van der Waals surface area contributed by atoms with E-state index in [1.54, 1.807) is 6.08 Å². The quantitative estimate of drug-likeness (QED) is 0.277. The summed E-state index contributed by atoms with van der Waals surface area (Å²) < 4.78 is 0. The number of hydrogen-bond donors (Lipinski definition) is 1. The van der Waals surface area contributed by atoms with Crippen molar-refractivity contribution in [3.8, 4) is 11.1 Å². The van der Waals surface area contributed by atoms with Crippen LogP contribution in [0.2, 0.25) is 5.15 Å². The van der Waals surface area contributed by atoms with E-state index in [-0.39, 0.29) is 0 Å². The lowest BCUT2D eigenvalue weighted by Crippen LogP contribution is -2.07. The number of nitrogens with zero attached hydrogens (tertiary/aromatic N) is 2. The number of anilines is 1. The highest BCUT2D eigenvalue weighted by molar-refractivity contribution is 6.31. The van der Waals surface area contributed by atoms with Crippen molar-refractivity contribution < 1.29 is 0 Å². The molecule has 0 unspecified atom stereocenters. The van der Waals surface area contributed by atoms with Crippen LogP contribution in [0, 0.1) is 6.92 Å². The standard InChI is InChI=1S/C22H20ClN3.C2H6/c1-4-9-17(24-3)14-25-22-20-18(15(2)21(23)26-22)12-8-13-19(20)16-10-6-5-7-11-16;1-2/h4-13H,1,3,14H2,2H3,(H,25,26);1-2H3/b17-9-;. The monoisotopic (exact) mass is 391 g/mol. The molecular weight excluding hydrogens is 366 g/mol. The summed E-state index contributed by atoms with van der Waals surface area (Å²) in [4.78, 5) is 8.60. The van der Waals surface area contributed by atoms with Crippen LogP contribution in [-0.4, -0.2) is 18.2 Å². The third kappa shape index (κ3) is 4.68. The summed E-state index contributed by atoms with van der Waals surface area (Å²) in [6.45, 7) is 13.8. The van der Waals surface area contributed by atoms with Gasteiger partial charge in [-0.3, -0.25) is 4.99 Å². The van der Waals surface area contributed by atoms with Crippen LogP contribution in [0.4, 0.5) is 5.82 Å². The van der Waals surface area contributed by atoms with Crippen LogP contribution < -0.4 is 5.32 Å². The number of aliphatic imine (C=N–C) groups is 1. The van der Waals surface area contributed by atoms with Gasteiger partial charge in [0, 0.05) is 5.39 Å². The summed E-state index contributed by atoms with van der Waals surface area (Å²) in [5.74, 6) is 0.730. The topological polar surface area (TPSA) is 37.3 Å². The van der Waals surface area contributed by atoms with Gasteiger partial charge < -0.3 is 5.32 Å². The van der Waals surface area contributed by atoms with E-state index in [9.17, 15) is 0 Å². The Bertz CT molecular complexity index is 992. The number of nitrogens with one attached hydrogen (secondary N) is 1. The van der Waals surface area contributed by atoms with Crippen LogP contribution in [0.25, 0.3) is 21.9 Å². The number of hydrogen-bond acceptors (Lipinski definition) is 3. The predicted octanol–water partition coefficient (Wildman–Crippen LogP) is 7.07. The van der Waals surface area contributed by atoms with Crippen LogP contribution >= 0.6 is 11.6 Å². The van der Waals surface area contributed by atoms with Crippen molar-refractivity contribution in [1.29, 1.82) is 0 Å². The number of fused-ring (bicyclic) bond motifs is 1. The molecule has 3 aromatic rings. The largest absolute Gasteiger partial charge is 0.364 e. The lowest BCUT2D eigenvalue weighted by Gasteiger charge is -2.15. The second-order valence-corrected chi connectivity index (χ2v) is 6.23. The molecule has 0 aliphatic rings. The number of benzene rings is 2. The van der Waals surface area contributed by atoms with E-state index < -0.39 is 0 Å². The molecule has 3 nitrogen and oxygen atoms in total. The molecule has 0 aliphatic carbocycles. The van der Waals surface area contributed by atoms with Gasteiger partial charge in [-0.15, -0.1) is 0 Å². The minimum Gasteiger partial charge on any atom is -0.364 e. The predicted molar refractivity (Wildman–Crippen MR) is 125 cm³/mol. The van der Waals surface area contributed by atoms with Crippen molar-refractivity contribution in [3.63, 3.8) is 0 Å². The van der Waals surface area contributed by atoms with Gasteiger partial charge in [0.1, 0.15) is 11.0 Å². The number of halogens is 1. The molecule has 0 amide bonds. The molecule has 28 heavy (non-hydrogen) atoms. The van der Waals surface area contributed by atoms with E-state index in [0.29, 0.717) is 11.7 Å². The zero-order valence-electron chi connectivity index (χ0n) is 16.7. The van der Waals surface area contributed by atoms with Crippen molar-refractivity contribution in [2.75, 3.05) is 11.9 Å². The maximum absolute atomic E-state index is 6.38. The Balaban J connectivity index is 0.00000136. The van der Waals surface area contributed by atoms with Crippen LogP contribution in [0.5, 0.6) is 0 Å². The van der Waals surface area contributed by atoms with Crippen molar-refractivity contribution in [2.24, 2.45) is 4.99 Å². The normalized spacial score (nSPS) is 10.8. The Morgan fingerprint density at radius 2 is 1.86 bits per heavy atom. The van der Waals surface area contributed by atoms with E-state index in [4.69, 9.17) is 11.6 Å². The highest BCUT2D eigenvalue weighted by atomic mass is 35.5. The van der Waals surface area contributed by atoms with Crippen LogP contribution in [0.3, 0.4) is 0 Å². The molecule has 1 N–H and O–H groups in total. The molecule has 4 heteroatoms. The highest BCUT2D eigenvalue weighted by Crippen LogP contribution is 2.36. The van der Waals surface area contributed by atoms with Crippen LogP contribution in [0.15, 0.2) is 78.0 Å². The summed E-state index contributed by atoms with van der Waals surface area (Å²) in [5.41, 5.74) is 3.99. The maximum Gasteiger partial charge on any atom is 0.136 e. The van der Waals surface area contributed by atoms with E-state index in [1.165, 1.54) is 0 Å². The molecule has 0 spiro atoms. The zero-order chi connectivity index (χ0) is 20.5. The van der Waals surface area contributed by atoms with Gasteiger partial charge >= 0.3 is 0 Å². The third-order valence-electron chi connectivity index (χ3n) is 4.26. The fourth-order valence-electron chi connectivity index (χ4n) is 2.93. The molecule has 0 aliphatic heterocycles. The molecule has 0 fully saturated rings. The number of aromatic nitrogens is 1. The average Bonchev–Trinajstić information content (AvgIpc) is 2.75. The second kappa shape index (κ2) is 10.4. The van der Waals surface area contributed by atoms with Gasteiger partial charge in [-0.05, 0) is 41.8 Å². The van der Waals surface area contributed by atoms with E-state index in [0.717, 1.165) is 39.0 Å². The van der Waals surface area contributed by atoms with Gasteiger partial charge in [0.2, 0.25) is 0 Å². The fraction of sp³-hybridized carbons (Fsp3) is 0.167. The highest BCUT2D eigenvalue weighted by Gasteiger charge is 2.14. The zero-order valence-corrected chi connectivity index (χ0v) is 17.4. The summed E-state index contributed by atoms with van der Waals surface area (Å²) in [6.07, 6.45) is 3.50. The Morgan fingerprint density at radius 3 is 2.50 bits per heavy atom. The molecule has 0 saturated carbocycles. The number of rotatable bonds is 6. The maximum atomic E-state index is 6.38. The number of allylic oxidation sites excluding steroid dienone is 2. The minimum absolute atomic E-state index is 0.486. The van der Waals surface area contributed by atoms with E-state index in [2.05, 4.69) is 52.9 Å². The van der Waals surface area contributed by atoms with Gasteiger partial charge in [-0.25, -0.2) is 4.98 Å². The first kappa shape index (κ1) is 21.4. The molecule has 1 heterocycles. The molecular formula is C24H26ClN3. The number of aryl methyl sites for hydroxylation is 1. The van der Waals surface area contributed by atoms with Crippen molar-refractivity contribution in [2.45, 2.75) is 20.8 Å².